The Bertz CT molecular complexity index is 836. The van der Waals surface area contributed by atoms with Crippen LogP contribution in [-0.4, -0.2) is 30.8 Å². The van der Waals surface area contributed by atoms with Gasteiger partial charge >= 0.3 is 6.09 Å². The summed E-state index contributed by atoms with van der Waals surface area (Å²) >= 11 is 0. The number of amides is 1. The maximum atomic E-state index is 11.1. The second kappa shape index (κ2) is 5.96. The highest BCUT2D eigenvalue weighted by atomic mass is 16.4. The number of benzene rings is 1. The molecule has 0 bridgehead atoms. The predicted molar refractivity (Wildman–Crippen MR) is 86.8 cm³/mol. The van der Waals surface area contributed by atoms with Gasteiger partial charge in [0.15, 0.2) is 0 Å². The molecule has 1 aromatic carbocycles. The van der Waals surface area contributed by atoms with E-state index in [1.54, 1.807) is 15.6 Å². The number of aryl methyl sites for hydroxylation is 1. The van der Waals surface area contributed by atoms with Gasteiger partial charge in [-0.1, -0.05) is 18.2 Å². The fourth-order valence-electron chi connectivity index (χ4n) is 2.43. The summed E-state index contributed by atoms with van der Waals surface area (Å²) in [6, 6.07) is 9.41. The van der Waals surface area contributed by atoms with Gasteiger partial charge in [0.2, 0.25) is 0 Å². The highest BCUT2D eigenvalue weighted by molar-refractivity contribution is 5.85. The van der Waals surface area contributed by atoms with Crippen molar-refractivity contribution in [1.29, 1.82) is 0 Å². The van der Waals surface area contributed by atoms with E-state index in [0.29, 0.717) is 11.5 Å². The molecule has 0 atom stereocenters. The molecular formula is C16H17N5O2. The zero-order valence-electron chi connectivity index (χ0n) is 12.9. The second-order valence-electron chi connectivity index (χ2n) is 5.08. The van der Waals surface area contributed by atoms with Gasteiger partial charge in [0.05, 0.1) is 11.9 Å². The van der Waals surface area contributed by atoms with Crippen LogP contribution in [0.5, 0.6) is 0 Å². The zero-order valence-corrected chi connectivity index (χ0v) is 12.9. The number of nitrogens with one attached hydrogen (secondary N) is 1. The molecule has 1 amide bonds. The summed E-state index contributed by atoms with van der Waals surface area (Å²) < 4.78 is 3.41. The summed E-state index contributed by atoms with van der Waals surface area (Å²) in [5.41, 5.74) is 3.10. The number of carboxylic acid groups (broad SMARTS) is 1. The number of aromatic nitrogens is 4. The van der Waals surface area contributed by atoms with E-state index in [2.05, 4.69) is 15.5 Å². The lowest BCUT2D eigenvalue weighted by atomic mass is 10.1. The Labute approximate surface area is 133 Å². The van der Waals surface area contributed by atoms with Gasteiger partial charge in [-0.3, -0.25) is 10.00 Å². The van der Waals surface area contributed by atoms with Gasteiger partial charge in [0.25, 0.3) is 0 Å². The molecule has 0 saturated heterocycles. The molecule has 7 heteroatoms. The maximum absolute atomic E-state index is 11.1. The molecule has 2 N–H and O–H groups in total. The van der Waals surface area contributed by atoms with E-state index in [9.17, 15) is 4.79 Å². The molecule has 3 aromatic rings. The van der Waals surface area contributed by atoms with Crippen LogP contribution < -0.4 is 5.32 Å². The van der Waals surface area contributed by atoms with Crippen LogP contribution in [-0.2, 0) is 6.54 Å². The summed E-state index contributed by atoms with van der Waals surface area (Å²) in [6.07, 6.45) is 2.51. The number of carbonyl (C=O) groups is 1. The molecular weight excluding hydrogens is 294 g/mol. The quantitative estimate of drug-likeness (QED) is 0.775. The van der Waals surface area contributed by atoms with Crippen LogP contribution in [0.25, 0.3) is 16.9 Å². The Morgan fingerprint density at radius 1 is 1.30 bits per heavy atom. The molecule has 2 heterocycles. The highest BCUT2D eigenvalue weighted by Crippen LogP contribution is 2.30. The fraction of sp³-hybridized carbons (Fsp3) is 0.188. The van der Waals surface area contributed by atoms with E-state index in [-0.39, 0.29) is 0 Å². The summed E-state index contributed by atoms with van der Waals surface area (Å²) in [5.74, 6) is 0.433. The van der Waals surface area contributed by atoms with E-state index in [4.69, 9.17) is 5.11 Å². The molecule has 0 radical (unpaired) electrons. The minimum Gasteiger partial charge on any atom is -0.465 e. The summed E-state index contributed by atoms with van der Waals surface area (Å²) in [7, 11) is 0. The standard InChI is InChI=1S/C16H17N5O2/c1-3-20-10-12(9-17-20)14-11(2)15(18-16(22)23)21(19-14)13-7-5-4-6-8-13/h4-10,18H,3H2,1-2H3,(H,22,23). The fourth-order valence-corrected chi connectivity index (χ4v) is 2.43. The second-order valence-corrected chi connectivity index (χ2v) is 5.08. The SMILES string of the molecule is CCn1cc(-c2nn(-c3ccccc3)c(NC(=O)O)c2C)cn1. The third kappa shape index (κ3) is 2.80. The molecule has 2 aromatic heterocycles. The monoisotopic (exact) mass is 311 g/mol. The molecule has 0 saturated carbocycles. The molecule has 23 heavy (non-hydrogen) atoms. The molecule has 0 fully saturated rings. The first-order valence-electron chi connectivity index (χ1n) is 7.28. The van der Waals surface area contributed by atoms with Crippen molar-refractivity contribution in [1.82, 2.24) is 19.6 Å². The van der Waals surface area contributed by atoms with E-state index >= 15 is 0 Å². The van der Waals surface area contributed by atoms with Crippen LogP contribution in [0, 0.1) is 6.92 Å². The van der Waals surface area contributed by atoms with Gasteiger partial charge in [-0.15, -0.1) is 0 Å². The lowest BCUT2D eigenvalue weighted by Gasteiger charge is -2.07. The Balaban J connectivity index is 2.15. The van der Waals surface area contributed by atoms with Crippen molar-refractivity contribution in [3.8, 4) is 16.9 Å². The van der Waals surface area contributed by atoms with Crippen molar-refractivity contribution in [2.75, 3.05) is 5.32 Å². The van der Waals surface area contributed by atoms with Gasteiger partial charge in [-0.25, -0.2) is 9.48 Å². The highest BCUT2D eigenvalue weighted by Gasteiger charge is 2.19. The third-order valence-corrected chi connectivity index (χ3v) is 3.58. The minimum absolute atomic E-state index is 0.433. The molecule has 0 aliphatic heterocycles. The molecule has 0 unspecified atom stereocenters. The topological polar surface area (TPSA) is 85.0 Å². The first kappa shape index (κ1) is 14.8. The summed E-state index contributed by atoms with van der Waals surface area (Å²) in [5, 5.41) is 20.4. The van der Waals surface area contributed by atoms with Crippen molar-refractivity contribution >= 4 is 11.9 Å². The number of anilines is 1. The van der Waals surface area contributed by atoms with E-state index in [1.165, 1.54) is 0 Å². The summed E-state index contributed by atoms with van der Waals surface area (Å²) in [4.78, 5) is 11.1. The molecule has 3 rings (SSSR count). The zero-order chi connectivity index (χ0) is 16.4. The third-order valence-electron chi connectivity index (χ3n) is 3.58. The number of hydrogen-bond donors (Lipinski definition) is 2. The Hall–Kier alpha value is -3.09. The molecule has 118 valence electrons. The molecule has 7 nitrogen and oxygen atoms in total. The van der Waals surface area contributed by atoms with Gasteiger partial charge in [-0.2, -0.15) is 10.2 Å². The van der Waals surface area contributed by atoms with Crippen molar-refractivity contribution in [2.45, 2.75) is 20.4 Å². The average Bonchev–Trinajstić information content (AvgIpc) is 3.14. The first-order chi connectivity index (χ1) is 11.1. The number of hydrogen-bond acceptors (Lipinski definition) is 3. The van der Waals surface area contributed by atoms with Crippen LogP contribution in [0.1, 0.15) is 12.5 Å². The van der Waals surface area contributed by atoms with Crippen LogP contribution in [0.15, 0.2) is 42.7 Å². The van der Waals surface area contributed by atoms with Crippen LogP contribution >= 0.6 is 0 Å². The first-order valence-corrected chi connectivity index (χ1v) is 7.28. The smallest absolute Gasteiger partial charge is 0.410 e. The van der Waals surface area contributed by atoms with Crippen LogP contribution in [0.4, 0.5) is 10.6 Å². The van der Waals surface area contributed by atoms with Gasteiger partial charge in [0, 0.05) is 23.9 Å². The lowest BCUT2D eigenvalue weighted by molar-refractivity contribution is 0.209. The maximum Gasteiger partial charge on any atom is 0.410 e. The lowest BCUT2D eigenvalue weighted by Crippen LogP contribution is -2.12. The van der Waals surface area contributed by atoms with Crippen LogP contribution in [0.3, 0.4) is 0 Å². The van der Waals surface area contributed by atoms with Crippen molar-refractivity contribution < 1.29 is 9.90 Å². The molecule has 0 spiro atoms. The van der Waals surface area contributed by atoms with Crippen molar-refractivity contribution in [3.63, 3.8) is 0 Å². The van der Waals surface area contributed by atoms with E-state index in [0.717, 1.165) is 23.4 Å². The normalized spacial score (nSPS) is 10.7. The average molecular weight is 311 g/mol. The number of rotatable bonds is 4. The molecule has 0 aliphatic rings. The van der Waals surface area contributed by atoms with E-state index in [1.807, 2.05) is 50.4 Å². The van der Waals surface area contributed by atoms with Gasteiger partial charge < -0.3 is 5.11 Å². The minimum atomic E-state index is -1.12. The van der Waals surface area contributed by atoms with Gasteiger partial charge in [0.1, 0.15) is 11.5 Å². The molecule has 0 aliphatic carbocycles. The predicted octanol–water partition coefficient (Wildman–Crippen LogP) is 3.15. The Kier molecular flexibility index (Phi) is 3.84. The number of nitrogens with zero attached hydrogens (tertiary/aromatic N) is 4. The summed E-state index contributed by atoms with van der Waals surface area (Å²) in [6.45, 7) is 4.61. The van der Waals surface area contributed by atoms with Crippen LogP contribution in [0.2, 0.25) is 0 Å². The van der Waals surface area contributed by atoms with Gasteiger partial charge in [-0.05, 0) is 26.0 Å². The van der Waals surface area contributed by atoms with Crippen molar-refractivity contribution in [3.05, 3.63) is 48.3 Å². The van der Waals surface area contributed by atoms with Crippen molar-refractivity contribution in [2.24, 2.45) is 0 Å². The Morgan fingerprint density at radius 3 is 2.65 bits per heavy atom. The Morgan fingerprint density at radius 2 is 2.04 bits per heavy atom. The largest absolute Gasteiger partial charge is 0.465 e. The number of para-hydroxylation sites is 1. The van der Waals surface area contributed by atoms with E-state index < -0.39 is 6.09 Å².